The van der Waals surface area contributed by atoms with E-state index in [1.165, 1.54) is 0 Å². The first kappa shape index (κ1) is 12.9. The molecule has 1 N–H and O–H groups in total. The van der Waals surface area contributed by atoms with Crippen LogP contribution in [0.5, 0.6) is 5.75 Å². The van der Waals surface area contributed by atoms with Gasteiger partial charge in [0.15, 0.2) is 0 Å². The number of carboxylic acid groups (broad SMARTS) is 1. The van der Waals surface area contributed by atoms with Gasteiger partial charge in [-0.05, 0) is 37.8 Å². The first-order valence-electron chi connectivity index (χ1n) is 6.97. The summed E-state index contributed by atoms with van der Waals surface area (Å²) < 4.78 is 5.96. The lowest BCUT2D eigenvalue weighted by molar-refractivity contribution is -0.158. The maximum atomic E-state index is 11.7. The van der Waals surface area contributed by atoms with E-state index in [2.05, 4.69) is 4.98 Å². The van der Waals surface area contributed by atoms with Gasteiger partial charge in [0, 0.05) is 11.6 Å². The maximum Gasteiger partial charge on any atom is 0.348 e. The van der Waals surface area contributed by atoms with E-state index in [9.17, 15) is 9.90 Å². The van der Waals surface area contributed by atoms with Crippen LogP contribution in [0.1, 0.15) is 32.1 Å². The Morgan fingerprint density at radius 3 is 2.65 bits per heavy atom. The lowest BCUT2D eigenvalue weighted by Gasteiger charge is -2.33. The van der Waals surface area contributed by atoms with Gasteiger partial charge in [0.1, 0.15) is 11.3 Å². The molecule has 0 saturated heterocycles. The molecule has 0 atom stereocenters. The highest BCUT2D eigenvalue weighted by Gasteiger charge is 2.42. The summed E-state index contributed by atoms with van der Waals surface area (Å²) in [7, 11) is 0. The van der Waals surface area contributed by atoms with Gasteiger partial charge in [-0.1, -0.05) is 24.6 Å². The molecule has 104 valence electrons. The van der Waals surface area contributed by atoms with E-state index in [4.69, 9.17) is 4.74 Å². The van der Waals surface area contributed by atoms with E-state index in [0.717, 1.165) is 30.2 Å². The third kappa shape index (κ3) is 2.22. The van der Waals surface area contributed by atoms with Gasteiger partial charge in [0.05, 0.1) is 0 Å². The van der Waals surface area contributed by atoms with Crippen LogP contribution in [-0.2, 0) is 4.79 Å². The zero-order valence-corrected chi connectivity index (χ0v) is 11.2. The number of para-hydroxylation sites is 1. The Bertz CT molecular complexity index is 627. The minimum absolute atomic E-state index is 0.561. The highest BCUT2D eigenvalue weighted by molar-refractivity contribution is 5.85. The van der Waals surface area contributed by atoms with Crippen molar-refractivity contribution in [3.05, 3.63) is 36.5 Å². The van der Waals surface area contributed by atoms with Crippen LogP contribution in [0, 0.1) is 0 Å². The Labute approximate surface area is 117 Å². The molecule has 4 heteroatoms. The Morgan fingerprint density at radius 2 is 1.90 bits per heavy atom. The number of hydrogen-bond acceptors (Lipinski definition) is 3. The summed E-state index contributed by atoms with van der Waals surface area (Å²) in [6, 6.07) is 9.43. The third-order valence-electron chi connectivity index (χ3n) is 3.95. The van der Waals surface area contributed by atoms with Crippen LogP contribution >= 0.6 is 0 Å². The highest BCUT2D eigenvalue weighted by atomic mass is 16.5. The van der Waals surface area contributed by atoms with Crippen LogP contribution in [0.3, 0.4) is 0 Å². The number of aliphatic carboxylic acids is 1. The summed E-state index contributed by atoms with van der Waals surface area (Å²) in [5.74, 6) is -0.308. The largest absolute Gasteiger partial charge is 0.478 e. The van der Waals surface area contributed by atoms with E-state index in [1.807, 2.05) is 24.3 Å². The molecule has 3 rings (SSSR count). The van der Waals surface area contributed by atoms with Crippen molar-refractivity contribution < 1.29 is 14.6 Å². The molecule has 0 radical (unpaired) electrons. The minimum atomic E-state index is -1.09. The van der Waals surface area contributed by atoms with Crippen LogP contribution in [-0.4, -0.2) is 21.7 Å². The van der Waals surface area contributed by atoms with Crippen molar-refractivity contribution in [1.82, 2.24) is 4.98 Å². The highest BCUT2D eigenvalue weighted by Crippen LogP contribution is 2.35. The number of rotatable bonds is 3. The van der Waals surface area contributed by atoms with Gasteiger partial charge in [-0.15, -0.1) is 0 Å². The van der Waals surface area contributed by atoms with Gasteiger partial charge < -0.3 is 9.84 Å². The molecule has 1 fully saturated rings. The number of carboxylic acids is 1. The van der Waals surface area contributed by atoms with Crippen molar-refractivity contribution in [2.75, 3.05) is 0 Å². The Balaban J connectivity index is 2.00. The molecule has 4 nitrogen and oxygen atoms in total. The first-order chi connectivity index (χ1) is 9.71. The zero-order valence-electron chi connectivity index (χ0n) is 11.2. The number of hydrogen-bond donors (Lipinski definition) is 1. The molecular weight excluding hydrogens is 254 g/mol. The molecule has 1 aliphatic rings. The standard InChI is InChI=1S/C16H17NO3/c18-15(19)16(9-2-1-3-10-16)20-13-8-4-6-12-7-5-11-17-14(12)13/h4-8,11H,1-3,9-10H2,(H,18,19). The minimum Gasteiger partial charge on any atom is -0.478 e. The molecule has 1 aliphatic carbocycles. The quantitative estimate of drug-likeness (QED) is 0.929. The second kappa shape index (κ2) is 5.12. The van der Waals surface area contributed by atoms with Crippen LogP contribution < -0.4 is 4.74 Å². The number of pyridine rings is 1. The molecule has 1 aromatic heterocycles. The normalized spacial score (nSPS) is 17.8. The average molecular weight is 271 g/mol. The van der Waals surface area contributed by atoms with Crippen molar-refractivity contribution in [1.29, 1.82) is 0 Å². The summed E-state index contributed by atoms with van der Waals surface area (Å²) in [6.07, 6.45) is 5.68. The molecular formula is C16H17NO3. The molecule has 1 aromatic carbocycles. The van der Waals surface area contributed by atoms with Crippen molar-refractivity contribution >= 4 is 16.9 Å². The third-order valence-corrected chi connectivity index (χ3v) is 3.95. The average Bonchev–Trinajstić information content (AvgIpc) is 2.48. The molecule has 20 heavy (non-hydrogen) atoms. The van der Waals surface area contributed by atoms with Gasteiger partial charge >= 0.3 is 5.97 Å². The number of fused-ring (bicyclic) bond motifs is 1. The summed E-state index contributed by atoms with van der Waals surface area (Å²) >= 11 is 0. The zero-order chi connectivity index (χ0) is 14.0. The van der Waals surface area contributed by atoms with Crippen LogP contribution in [0.4, 0.5) is 0 Å². The molecule has 0 aliphatic heterocycles. The fourth-order valence-electron chi connectivity index (χ4n) is 2.85. The van der Waals surface area contributed by atoms with Gasteiger partial charge in [0.25, 0.3) is 0 Å². The van der Waals surface area contributed by atoms with Crippen LogP contribution in [0.2, 0.25) is 0 Å². The number of ether oxygens (including phenoxy) is 1. The Kier molecular flexibility index (Phi) is 3.30. The predicted molar refractivity (Wildman–Crippen MR) is 75.8 cm³/mol. The molecule has 1 heterocycles. The second-order valence-corrected chi connectivity index (χ2v) is 5.29. The van der Waals surface area contributed by atoms with Gasteiger partial charge in [-0.3, -0.25) is 4.98 Å². The van der Waals surface area contributed by atoms with Crippen LogP contribution in [0.15, 0.2) is 36.5 Å². The summed E-state index contributed by atoms with van der Waals surface area (Å²) in [4.78, 5) is 16.0. The van der Waals surface area contributed by atoms with Crippen molar-refractivity contribution in [3.63, 3.8) is 0 Å². The fraction of sp³-hybridized carbons (Fsp3) is 0.375. The Hall–Kier alpha value is -2.10. The van der Waals surface area contributed by atoms with Gasteiger partial charge in [0.2, 0.25) is 5.60 Å². The predicted octanol–water partition coefficient (Wildman–Crippen LogP) is 3.40. The molecule has 0 unspecified atom stereocenters. The first-order valence-corrected chi connectivity index (χ1v) is 6.97. The van der Waals surface area contributed by atoms with Crippen molar-refractivity contribution in [2.45, 2.75) is 37.7 Å². The number of nitrogens with zero attached hydrogens (tertiary/aromatic N) is 1. The van der Waals surface area contributed by atoms with Gasteiger partial charge in [-0.25, -0.2) is 4.79 Å². The molecule has 1 saturated carbocycles. The molecule has 0 bridgehead atoms. The van der Waals surface area contributed by atoms with E-state index >= 15 is 0 Å². The van der Waals surface area contributed by atoms with Crippen molar-refractivity contribution in [3.8, 4) is 5.75 Å². The maximum absolute atomic E-state index is 11.7. The fourth-order valence-corrected chi connectivity index (χ4v) is 2.85. The summed E-state index contributed by atoms with van der Waals surface area (Å²) in [6.45, 7) is 0. The van der Waals surface area contributed by atoms with E-state index < -0.39 is 11.6 Å². The van der Waals surface area contributed by atoms with E-state index in [1.54, 1.807) is 12.3 Å². The number of benzene rings is 1. The smallest absolute Gasteiger partial charge is 0.348 e. The van der Waals surface area contributed by atoms with E-state index in [-0.39, 0.29) is 0 Å². The van der Waals surface area contributed by atoms with Crippen LogP contribution in [0.25, 0.3) is 10.9 Å². The number of carbonyl (C=O) groups is 1. The SMILES string of the molecule is O=C(O)C1(Oc2cccc3cccnc23)CCCCC1. The topological polar surface area (TPSA) is 59.4 Å². The summed E-state index contributed by atoms with van der Waals surface area (Å²) in [5.41, 5.74) is -0.370. The monoisotopic (exact) mass is 271 g/mol. The second-order valence-electron chi connectivity index (χ2n) is 5.29. The molecule has 0 amide bonds. The lowest BCUT2D eigenvalue weighted by Crippen LogP contribution is -2.46. The molecule has 0 spiro atoms. The molecule has 2 aromatic rings. The summed E-state index contributed by atoms with van der Waals surface area (Å²) in [5, 5.41) is 10.5. The van der Waals surface area contributed by atoms with E-state index in [0.29, 0.717) is 18.6 Å². The van der Waals surface area contributed by atoms with Gasteiger partial charge in [-0.2, -0.15) is 0 Å². The lowest BCUT2D eigenvalue weighted by atomic mass is 9.84. The number of aromatic nitrogens is 1. The van der Waals surface area contributed by atoms with Crippen molar-refractivity contribution in [2.24, 2.45) is 0 Å². The Morgan fingerprint density at radius 1 is 1.15 bits per heavy atom.